The number of anilines is 3. The Morgan fingerprint density at radius 1 is 0.829 bits per heavy atom. The van der Waals surface area contributed by atoms with Gasteiger partial charge in [-0.2, -0.15) is 4.98 Å². The van der Waals surface area contributed by atoms with Crippen LogP contribution in [0.4, 0.5) is 16.9 Å². The molecule has 5 aromatic rings. The van der Waals surface area contributed by atoms with Gasteiger partial charge in [-0.3, -0.25) is 0 Å². The number of fused-ring (bicyclic) bond motifs is 1. The fourth-order valence-corrected chi connectivity index (χ4v) is 4.95. The van der Waals surface area contributed by atoms with Crippen LogP contribution in [0.3, 0.4) is 0 Å². The minimum absolute atomic E-state index is 0.612. The molecule has 2 heterocycles. The Bertz CT molecular complexity index is 1420. The number of benzene rings is 3. The monoisotopic (exact) mass is 497 g/mol. The normalized spacial score (nSPS) is 11.0. The van der Waals surface area contributed by atoms with E-state index in [-0.39, 0.29) is 0 Å². The van der Waals surface area contributed by atoms with Crippen LogP contribution in [0.5, 0.6) is 0 Å². The molecule has 5 nitrogen and oxygen atoms in total. The third kappa shape index (κ3) is 6.18. The molecule has 0 aliphatic rings. The molecule has 0 atom stereocenters. The van der Waals surface area contributed by atoms with Crippen molar-refractivity contribution in [3.05, 3.63) is 101 Å². The Kier molecular flexibility index (Phi) is 7.25. The molecule has 0 unspecified atom stereocenters. The van der Waals surface area contributed by atoms with E-state index in [9.17, 15) is 0 Å². The lowest BCUT2D eigenvalue weighted by atomic mass is 10.1. The van der Waals surface area contributed by atoms with Gasteiger partial charge in [-0.1, -0.05) is 66.8 Å². The highest BCUT2D eigenvalue weighted by Gasteiger charge is 2.10. The first kappa shape index (κ1) is 23.3. The van der Waals surface area contributed by atoms with Gasteiger partial charge >= 0.3 is 0 Å². The summed E-state index contributed by atoms with van der Waals surface area (Å²) in [5, 5.41) is 7.65. The van der Waals surface area contributed by atoms with Gasteiger partial charge in [-0.25, -0.2) is 9.97 Å². The molecule has 7 heteroatoms. The number of thiol groups is 1. The zero-order valence-electron chi connectivity index (χ0n) is 19.5. The zero-order chi connectivity index (χ0) is 24.0. The van der Waals surface area contributed by atoms with E-state index >= 15 is 0 Å². The van der Waals surface area contributed by atoms with Gasteiger partial charge < -0.3 is 10.6 Å². The summed E-state index contributed by atoms with van der Waals surface area (Å²) < 4.78 is 1.18. The largest absolute Gasteiger partial charge is 0.354 e. The molecule has 0 amide bonds. The zero-order valence-corrected chi connectivity index (χ0v) is 21.2. The van der Waals surface area contributed by atoms with Crippen molar-refractivity contribution < 1.29 is 0 Å². The lowest BCUT2D eigenvalue weighted by Crippen LogP contribution is -2.10. The first-order valence-electron chi connectivity index (χ1n) is 11.7. The average Bonchev–Trinajstić information content (AvgIpc) is 3.27. The maximum absolute atomic E-state index is 4.79. The summed E-state index contributed by atoms with van der Waals surface area (Å²) in [5.41, 5.74) is 5.72. The van der Waals surface area contributed by atoms with Crippen molar-refractivity contribution in [2.24, 2.45) is 0 Å². The maximum atomic E-state index is 4.79. The van der Waals surface area contributed by atoms with Crippen LogP contribution in [0.25, 0.3) is 10.2 Å². The van der Waals surface area contributed by atoms with Gasteiger partial charge in [0.25, 0.3) is 0 Å². The van der Waals surface area contributed by atoms with E-state index in [2.05, 4.69) is 84.8 Å². The van der Waals surface area contributed by atoms with Gasteiger partial charge in [0, 0.05) is 23.9 Å². The van der Waals surface area contributed by atoms with Crippen LogP contribution in [0.2, 0.25) is 0 Å². The second-order valence-corrected chi connectivity index (χ2v) is 9.92. The van der Waals surface area contributed by atoms with Crippen LogP contribution in [0.15, 0.2) is 83.8 Å². The van der Waals surface area contributed by atoms with E-state index in [1.54, 1.807) is 11.3 Å². The number of aryl methyl sites for hydroxylation is 1. The molecular weight excluding hydrogens is 470 g/mol. The van der Waals surface area contributed by atoms with Crippen LogP contribution in [0, 0.1) is 0 Å². The third-order valence-corrected chi connectivity index (χ3v) is 6.97. The second kappa shape index (κ2) is 10.9. The molecule has 0 fully saturated rings. The fourth-order valence-electron chi connectivity index (χ4n) is 3.87. The number of hydrogen-bond acceptors (Lipinski definition) is 7. The minimum atomic E-state index is 0.612. The summed E-state index contributed by atoms with van der Waals surface area (Å²) in [4.78, 5) is 15.3. The van der Waals surface area contributed by atoms with Crippen molar-refractivity contribution in [2.75, 3.05) is 17.2 Å². The molecule has 0 saturated carbocycles. The predicted octanol–water partition coefficient (Wildman–Crippen LogP) is 6.93. The van der Waals surface area contributed by atoms with Crippen molar-refractivity contribution in [3.8, 4) is 0 Å². The summed E-state index contributed by atoms with van der Waals surface area (Å²) in [7, 11) is 0. The molecule has 176 valence electrons. The molecule has 0 bridgehead atoms. The summed E-state index contributed by atoms with van der Waals surface area (Å²) in [6.45, 7) is 2.90. The predicted molar refractivity (Wildman–Crippen MR) is 149 cm³/mol. The Labute approximate surface area is 215 Å². The highest BCUT2D eigenvalue weighted by Crippen LogP contribution is 2.29. The number of nitrogens with one attached hydrogen (secondary N) is 2. The molecule has 0 saturated heterocycles. The van der Waals surface area contributed by atoms with Crippen molar-refractivity contribution in [1.82, 2.24) is 15.0 Å². The standard InChI is InChI=1S/C28H27N5S2/c1-2-19-10-13-24-25(17-19)35-28(31-24)33-26-18-22(16-21-6-4-3-5-7-21)30-27(32-26)29-15-14-20-8-11-23(34)12-9-20/h3-13,17-18,34H,2,14-16H2,1H3,(H2,29,30,31,32,33). The Balaban J connectivity index is 1.37. The van der Waals surface area contributed by atoms with E-state index in [0.717, 1.165) is 52.9 Å². The summed E-state index contributed by atoms with van der Waals surface area (Å²) in [6, 6.07) is 27.0. The smallest absolute Gasteiger partial charge is 0.224 e. The Morgan fingerprint density at radius 2 is 1.63 bits per heavy atom. The van der Waals surface area contributed by atoms with E-state index in [4.69, 9.17) is 15.0 Å². The molecular formula is C28H27N5S2. The van der Waals surface area contributed by atoms with Gasteiger partial charge in [-0.05, 0) is 53.8 Å². The molecule has 3 aromatic carbocycles. The Morgan fingerprint density at radius 3 is 2.43 bits per heavy atom. The van der Waals surface area contributed by atoms with Gasteiger partial charge in [0.15, 0.2) is 5.13 Å². The van der Waals surface area contributed by atoms with Crippen molar-refractivity contribution in [3.63, 3.8) is 0 Å². The second-order valence-electron chi connectivity index (χ2n) is 8.37. The van der Waals surface area contributed by atoms with E-state index < -0.39 is 0 Å². The number of aromatic nitrogens is 3. The van der Waals surface area contributed by atoms with Crippen LogP contribution in [-0.4, -0.2) is 21.5 Å². The highest BCUT2D eigenvalue weighted by atomic mass is 32.1. The lowest BCUT2D eigenvalue weighted by Gasteiger charge is -2.11. The van der Waals surface area contributed by atoms with Crippen molar-refractivity contribution >= 4 is 51.1 Å². The average molecular weight is 498 g/mol. The summed E-state index contributed by atoms with van der Waals surface area (Å²) in [5.74, 6) is 1.35. The SMILES string of the molecule is CCc1ccc2nc(Nc3cc(Cc4ccccc4)nc(NCCc4ccc(S)cc4)n3)sc2c1. The van der Waals surface area contributed by atoms with E-state index in [1.807, 2.05) is 24.3 Å². The first-order valence-corrected chi connectivity index (χ1v) is 13.0. The van der Waals surface area contributed by atoms with Gasteiger partial charge in [0.1, 0.15) is 5.82 Å². The molecule has 2 N–H and O–H groups in total. The van der Waals surface area contributed by atoms with Crippen LogP contribution >= 0.6 is 24.0 Å². The molecule has 0 spiro atoms. The molecule has 2 aromatic heterocycles. The maximum Gasteiger partial charge on any atom is 0.224 e. The number of hydrogen-bond donors (Lipinski definition) is 3. The molecule has 0 aliphatic heterocycles. The van der Waals surface area contributed by atoms with Crippen LogP contribution in [-0.2, 0) is 19.3 Å². The minimum Gasteiger partial charge on any atom is -0.354 e. The van der Waals surface area contributed by atoms with E-state index in [1.165, 1.54) is 21.4 Å². The third-order valence-electron chi connectivity index (χ3n) is 5.74. The van der Waals surface area contributed by atoms with Gasteiger partial charge in [0.2, 0.25) is 5.95 Å². The molecule has 5 rings (SSSR count). The fraction of sp³-hybridized carbons (Fsp3) is 0.179. The van der Waals surface area contributed by atoms with Crippen molar-refractivity contribution in [1.29, 1.82) is 0 Å². The molecule has 35 heavy (non-hydrogen) atoms. The number of rotatable bonds is 9. The lowest BCUT2D eigenvalue weighted by molar-refractivity contribution is 0.960. The number of nitrogens with zero attached hydrogens (tertiary/aromatic N) is 3. The Hall–Kier alpha value is -3.42. The van der Waals surface area contributed by atoms with Gasteiger partial charge in [-0.15, -0.1) is 12.6 Å². The number of thiazole rings is 1. The van der Waals surface area contributed by atoms with Crippen LogP contribution < -0.4 is 10.6 Å². The quantitative estimate of drug-likeness (QED) is 0.193. The van der Waals surface area contributed by atoms with Crippen molar-refractivity contribution in [2.45, 2.75) is 31.1 Å². The summed E-state index contributed by atoms with van der Waals surface area (Å²) in [6.07, 6.45) is 2.62. The van der Waals surface area contributed by atoms with Crippen LogP contribution in [0.1, 0.15) is 29.3 Å². The topological polar surface area (TPSA) is 62.7 Å². The first-order chi connectivity index (χ1) is 17.1. The summed E-state index contributed by atoms with van der Waals surface area (Å²) >= 11 is 6.01. The van der Waals surface area contributed by atoms with E-state index in [0.29, 0.717) is 5.95 Å². The molecule has 0 aliphatic carbocycles. The molecule has 0 radical (unpaired) electrons. The van der Waals surface area contributed by atoms with Gasteiger partial charge in [0.05, 0.1) is 15.9 Å². The highest BCUT2D eigenvalue weighted by molar-refractivity contribution is 7.80.